The fourth-order valence-corrected chi connectivity index (χ4v) is 5.54. The van der Waals surface area contributed by atoms with Gasteiger partial charge in [-0.05, 0) is 50.6 Å². The van der Waals surface area contributed by atoms with E-state index in [1.807, 2.05) is 68.4 Å². The van der Waals surface area contributed by atoms with Crippen LogP contribution in [0, 0.1) is 12.3 Å². The number of nitrogens with one attached hydrogen (secondary N) is 3. The summed E-state index contributed by atoms with van der Waals surface area (Å²) < 4.78 is 11.7. The number of para-hydroxylation sites is 1. The number of rotatable bonds is 13. The van der Waals surface area contributed by atoms with E-state index < -0.39 is 6.04 Å². The Morgan fingerprint density at radius 1 is 1.12 bits per heavy atom. The lowest BCUT2D eigenvalue weighted by Crippen LogP contribution is -2.49. The van der Waals surface area contributed by atoms with Crippen molar-refractivity contribution < 1.29 is 23.9 Å². The molecule has 0 radical (unpaired) electrons. The predicted molar refractivity (Wildman–Crippen MR) is 162 cm³/mol. The van der Waals surface area contributed by atoms with Crippen LogP contribution in [-0.2, 0) is 14.4 Å². The zero-order chi connectivity index (χ0) is 30.1. The van der Waals surface area contributed by atoms with Crippen LogP contribution in [0.15, 0.2) is 66.0 Å². The van der Waals surface area contributed by atoms with Gasteiger partial charge in [0.1, 0.15) is 29.5 Å². The standard InChI is InChI=1S/C31H37N5O5S/c1-20-10-12-24(13-11-20)41-25-16-26(31(39)35-21(2)27-15-22(19-42-27)30(32)33)36(18-25)29(38)17-34-28(37)9-6-14-40-23-7-4-3-5-8-23/h3-5,7-8,10-13,15,19,21,25-26H,6,9,14,16-18H2,1-2H3,(H3,32,33)(H,34,37)(H,35,39)/t21-,25-,26+/m1/s1. The molecule has 3 amide bonds. The van der Waals surface area contributed by atoms with E-state index in [1.165, 1.54) is 16.2 Å². The molecule has 0 aliphatic carbocycles. The Labute approximate surface area is 249 Å². The Morgan fingerprint density at radius 2 is 1.86 bits per heavy atom. The van der Waals surface area contributed by atoms with Crippen molar-refractivity contribution in [1.82, 2.24) is 15.5 Å². The Balaban J connectivity index is 1.34. The van der Waals surface area contributed by atoms with Crippen molar-refractivity contribution in [2.75, 3.05) is 19.7 Å². The normalized spacial score (nSPS) is 16.9. The molecule has 5 N–H and O–H groups in total. The van der Waals surface area contributed by atoms with Crippen LogP contribution in [0.2, 0.25) is 0 Å². The molecular formula is C31H37N5O5S. The molecule has 0 saturated carbocycles. The summed E-state index contributed by atoms with van der Waals surface area (Å²) in [5.74, 6) is 0.427. The lowest BCUT2D eigenvalue weighted by atomic mass is 10.1. The van der Waals surface area contributed by atoms with Gasteiger partial charge in [0.25, 0.3) is 0 Å². The van der Waals surface area contributed by atoms with Crippen molar-refractivity contribution in [2.45, 2.75) is 51.3 Å². The molecule has 1 fully saturated rings. The Kier molecular flexibility index (Phi) is 10.6. The minimum absolute atomic E-state index is 0.0366. The van der Waals surface area contributed by atoms with E-state index in [0.29, 0.717) is 30.8 Å². The van der Waals surface area contributed by atoms with Gasteiger partial charge in [0, 0.05) is 28.7 Å². The van der Waals surface area contributed by atoms with Crippen molar-refractivity contribution in [1.29, 1.82) is 5.41 Å². The average molecular weight is 592 g/mol. The number of nitrogen functional groups attached to an aromatic ring is 1. The topological polar surface area (TPSA) is 147 Å². The van der Waals surface area contributed by atoms with Gasteiger partial charge >= 0.3 is 0 Å². The molecule has 2 aromatic carbocycles. The molecule has 1 aliphatic rings. The highest BCUT2D eigenvalue weighted by Crippen LogP contribution is 2.26. The molecule has 3 aromatic rings. The second-order valence-electron chi connectivity index (χ2n) is 10.3. The number of nitrogens with two attached hydrogens (primary N) is 1. The van der Waals surface area contributed by atoms with Crippen LogP contribution in [0.3, 0.4) is 0 Å². The van der Waals surface area contributed by atoms with Crippen molar-refractivity contribution in [3.63, 3.8) is 0 Å². The highest BCUT2D eigenvalue weighted by atomic mass is 32.1. The number of likely N-dealkylation sites (tertiary alicyclic amines) is 1. The molecule has 10 nitrogen and oxygen atoms in total. The largest absolute Gasteiger partial charge is 0.494 e. The third kappa shape index (κ3) is 8.56. The second-order valence-corrected chi connectivity index (χ2v) is 11.2. The molecule has 1 saturated heterocycles. The zero-order valence-electron chi connectivity index (χ0n) is 23.8. The summed E-state index contributed by atoms with van der Waals surface area (Å²) in [7, 11) is 0. The zero-order valence-corrected chi connectivity index (χ0v) is 24.6. The molecule has 0 unspecified atom stereocenters. The highest BCUT2D eigenvalue weighted by Gasteiger charge is 2.41. The van der Waals surface area contributed by atoms with E-state index >= 15 is 0 Å². The summed E-state index contributed by atoms with van der Waals surface area (Å²) in [6.45, 7) is 4.21. The Hall–Kier alpha value is -4.38. The Morgan fingerprint density at radius 3 is 2.55 bits per heavy atom. The molecule has 1 aliphatic heterocycles. The molecule has 42 heavy (non-hydrogen) atoms. The van der Waals surface area contributed by atoms with E-state index in [1.54, 1.807) is 11.4 Å². The van der Waals surface area contributed by atoms with E-state index in [9.17, 15) is 14.4 Å². The van der Waals surface area contributed by atoms with Gasteiger partial charge in [-0.25, -0.2) is 0 Å². The number of hydrogen-bond acceptors (Lipinski definition) is 7. The third-order valence-electron chi connectivity index (χ3n) is 6.92. The summed E-state index contributed by atoms with van der Waals surface area (Å²) in [6, 6.07) is 17.6. The maximum Gasteiger partial charge on any atom is 0.243 e. The van der Waals surface area contributed by atoms with Crippen LogP contribution >= 0.6 is 11.3 Å². The number of hydrogen-bond donors (Lipinski definition) is 4. The second kappa shape index (κ2) is 14.5. The average Bonchev–Trinajstić information content (AvgIpc) is 3.64. The summed E-state index contributed by atoms with van der Waals surface area (Å²) in [5.41, 5.74) is 7.28. The number of amidine groups is 1. The SMILES string of the molecule is Cc1ccc(O[C@@H]2C[C@@H](C(=O)N[C@H](C)c3cc(C(=N)N)cs3)N(C(=O)CNC(=O)CCCOc3ccccc3)C2)cc1. The molecule has 2 heterocycles. The summed E-state index contributed by atoms with van der Waals surface area (Å²) in [5, 5.41) is 15.1. The van der Waals surface area contributed by atoms with Gasteiger partial charge in [0.15, 0.2) is 0 Å². The third-order valence-corrected chi connectivity index (χ3v) is 8.04. The lowest BCUT2D eigenvalue weighted by molar-refractivity contribution is -0.139. The summed E-state index contributed by atoms with van der Waals surface area (Å²) in [4.78, 5) is 41.4. The van der Waals surface area contributed by atoms with Gasteiger partial charge in [-0.1, -0.05) is 35.9 Å². The Bertz CT molecular complexity index is 1380. The van der Waals surface area contributed by atoms with Gasteiger partial charge in [0.05, 0.1) is 25.7 Å². The van der Waals surface area contributed by atoms with Gasteiger partial charge in [-0.3, -0.25) is 19.8 Å². The van der Waals surface area contributed by atoms with Crippen LogP contribution < -0.4 is 25.8 Å². The molecule has 3 atom stereocenters. The number of aryl methyl sites for hydroxylation is 1. The fraction of sp³-hybridized carbons (Fsp3) is 0.355. The van der Waals surface area contributed by atoms with Gasteiger partial charge in [-0.15, -0.1) is 11.3 Å². The maximum absolute atomic E-state index is 13.4. The first-order valence-corrected chi connectivity index (χ1v) is 14.8. The minimum Gasteiger partial charge on any atom is -0.494 e. The van der Waals surface area contributed by atoms with Crippen LogP contribution in [0.25, 0.3) is 0 Å². The first-order chi connectivity index (χ1) is 20.2. The van der Waals surface area contributed by atoms with Crippen molar-refractivity contribution in [3.05, 3.63) is 82.0 Å². The molecule has 4 rings (SSSR count). The number of ether oxygens (including phenoxy) is 2. The van der Waals surface area contributed by atoms with Gasteiger partial charge in [-0.2, -0.15) is 0 Å². The van der Waals surface area contributed by atoms with Gasteiger partial charge < -0.3 is 30.7 Å². The first-order valence-electron chi connectivity index (χ1n) is 13.9. The molecule has 1 aromatic heterocycles. The first kappa shape index (κ1) is 30.6. The van der Waals surface area contributed by atoms with E-state index in [-0.39, 0.29) is 55.2 Å². The molecular weight excluding hydrogens is 554 g/mol. The number of thiophene rings is 1. The lowest BCUT2D eigenvalue weighted by Gasteiger charge is -2.25. The molecule has 0 bridgehead atoms. The quantitative estimate of drug-likeness (QED) is 0.136. The van der Waals surface area contributed by atoms with E-state index in [2.05, 4.69) is 10.6 Å². The highest BCUT2D eigenvalue weighted by molar-refractivity contribution is 7.10. The van der Waals surface area contributed by atoms with Crippen LogP contribution in [0.5, 0.6) is 11.5 Å². The van der Waals surface area contributed by atoms with Crippen molar-refractivity contribution >= 4 is 34.9 Å². The molecule has 0 spiro atoms. The predicted octanol–water partition coefficient (Wildman–Crippen LogP) is 3.54. The van der Waals surface area contributed by atoms with Crippen LogP contribution in [0.4, 0.5) is 0 Å². The summed E-state index contributed by atoms with van der Waals surface area (Å²) >= 11 is 1.40. The van der Waals surface area contributed by atoms with E-state index in [0.717, 1.165) is 16.2 Å². The smallest absolute Gasteiger partial charge is 0.243 e. The number of carbonyl (C=O) groups excluding carboxylic acids is 3. The fourth-order valence-electron chi connectivity index (χ4n) is 4.62. The number of nitrogens with zero attached hydrogens (tertiary/aromatic N) is 1. The molecule has 222 valence electrons. The number of amides is 3. The van der Waals surface area contributed by atoms with Crippen LogP contribution in [0.1, 0.15) is 48.2 Å². The molecule has 11 heteroatoms. The van der Waals surface area contributed by atoms with Gasteiger partial charge in [0.2, 0.25) is 17.7 Å². The number of carbonyl (C=O) groups is 3. The minimum atomic E-state index is -0.765. The van der Waals surface area contributed by atoms with Crippen molar-refractivity contribution in [2.24, 2.45) is 5.73 Å². The van der Waals surface area contributed by atoms with Crippen molar-refractivity contribution in [3.8, 4) is 11.5 Å². The summed E-state index contributed by atoms with van der Waals surface area (Å²) in [6.07, 6.45) is 0.636. The van der Waals surface area contributed by atoms with Crippen LogP contribution in [-0.4, -0.2) is 60.3 Å². The monoisotopic (exact) mass is 591 g/mol. The van der Waals surface area contributed by atoms with E-state index in [4.69, 9.17) is 20.6 Å². The number of benzene rings is 2. The maximum atomic E-state index is 13.4.